The van der Waals surface area contributed by atoms with Gasteiger partial charge in [-0.1, -0.05) is 6.42 Å². The Balaban J connectivity index is 1.84. The number of carbonyl (C=O) groups excluding carboxylic acids is 1. The Morgan fingerprint density at radius 1 is 1.62 bits per heavy atom. The predicted octanol–water partition coefficient (Wildman–Crippen LogP) is 1.45. The van der Waals surface area contributed by atoms with Crippen LogP contribution in [0.15, 0.2) is 16.7 Å². The number of hydrogen-bond donors (Lipinski definition) is 2. The zero-order valence-corrected chi connectivity index (χ0v) is 9.53. The molecular weight excluding hydrogens is 204 g/mol. The average Bonchev–Trinajstić information content (AvgIpc) is 2.84. The van der Waals surface area contributed by atoms with Crippen molar-refractivity contribution in [2.45, 2.75) is 32.2 Å². The van der Waals surface area contributed by atoms with Gasteiger partial charge in [-0.05, 0) is 31.7 Å². The molecule has 4 nitrogen and oxygen atoms in total. The molecule has 1 aromatic rings. The maximum absolute atomic E-state index is 11.7. The first-order chi connectivity index (χ1) is 7.66. The van der Waals surface area contributed by atoms with E-state index in [1.807, 2.05) is 6.92 Å². The van der Waals surface area contributed by atoms with E-state index in [1.54, 1.807) is 6.07 Å². The fraction of sp³-hybridized carbons (Fsp3) is 0.583. The smallest absolute Gasteiger partial charge is 0.254 e. The molecule has 0 saturated heterocycles. The van der Waals surface area contributed by atoms with Crippen LogP contribution in [0.3, 0.4) is 0 Å². The van der Waals surface area contributed by atoms with Gasteiger partial charge in [0.15, 0.2) is 0 Å². The van der Waals surface area contributed by atoms with E-state index in [2.05, 4.69) is 5.32 Å². The van der Waals surface area contributed by atoms with E-state index >= 15 is 0 Å². The topological polar surface area (TPSA) is 68.3 Å². The van der Waals surface area contributed by atoms with Gasteiger partial charge in [-0.15, -0.1) is 0 Å². The molecule has 2 rings (SSSR count). The normalized spacial score (nSPS) is 24.6. The molecule has 4 heteroatoms. The van der Waals surface area contributed by atoms with Gasteiger partial charge in [-0.25, -0.2) is 0 Å². The summed E-state index contributed by atoms with van der Waals surface area (Å²) in [4.78, 5) is 11.7. The second kappa shape index (κ2) is 4.70. The lowest BCUT2D eigenvalue weighted by molar-refractivity contribution is 0.0946. The molecule has 16 heavy (non-hydrogen) atoms. The van der Waals surface area contributed by atoms with Gasteiger partial charge in [-0.2, -0.15) is 0 Å². The molecule has 1 heterocycles. The van der Waals surface area contributed by atoms with Gasteiger partial charge >= 0.3 is 0 Å². The number of furan rings is 1. The monoisotopic (exact) mass is 222 g/mol. The van der Waals surface area contributed by atoms with Crippen molar-refractivity contribution in [1.29, 1.82) is 0 Å². The van der Waals surface area contributed by atoms with Crippen molar-refractivity contribution >= 4 is 5.91 Å². The number of carbonyl (C=O) groups is 1. The van der Waals surface area contributed by atoms with Gasteiger partial charge in [0.25, 0.3) is 5.91 Å². The molecule has 0 spiro atoms. The van der Waals surface area contributed by atoms with Crippen molar-refractivity contribution in [3.63, 3.8) is 0 Å². The molecule has 1 aromatic heterocycles. The fourth-order valence-corrected chi connectivity index (χ4v) is 2.21. The largest absolute Gasteiger partial charge is 0.469 e. The second-order valence-electron chi connectivity index (χ2n) is 4.51. The summed E-state index contributed by atoms with van der Waals surface area (Å²) in [5.74, 6) is 1.11. The predicted molar refractivity (Wildman–Crippen MR) is 61.1 cm³/mol. The zero-order valence-electron chi connectivity index (χ0n) is 9.53. The Kier molecular flexibility index (Phi) is 3.29. The van der Waals surface area contributed by atoms with Crippen LogP contribution in [0, 0.1) is 12.8 Å². The van der Waals surface area contributed by atoms with E-state index in [0.717, 1.165) is 18.6 Å². The van der Waals surface area contributed by atoms with E-state index < -0.39 is 0 Å². The lowest BCUT2D eigenvalue weighted by Crippen LogP contribution is -2.35. The highest BCUT2D eigenvalue weighted by atomic mass is 16.3. The number of nitrogens with one attached hydrogen (secondary N) is 1. The average molecular weight is 222 g/mol. The first-order valence-corrected chi connectivity index (χ1v) is 5.75. The highest BCUT2D eigenvalue weighted by molar-refractivity contribution is 5.93. The minimum absolute atomic E-state index is 0.0732. The summed E-state index contributed by atoms with van der Waals surface area (Å²) in [6.45, 7) is 2.49. The van der Waals surface area contributed by atoms with E-state index in [-0.39, 0.29) is 11.9 Å². The highest BCUT2D eigenvalue weighted by Crippen LogP contribution is 2.23. The van der Waals surface area contributed by atoms with Crippen LogP contribution >= 0.6 is 0 Å². The molecule has 0 aliphatic heterocycles. The number of aryl methyl sites for hydroxylation is 1. The van der Waals surface area contributed by atoms with Crippen molar-refractivity contribution in [3.8, 4) is 0 Å². The standard InChI is InChI=1S/C12H18N2O2/c1-8-5-10(7-16-8)12(15)14-6-9-3-2-4-11(9)13/h5,7,9,11H,2-4,6,13H2,1H3,(H,14,15). The number of nitrogens with two attached hydrogens (primary N) is 1. The Labute approximate surface area is 95.2 Å². The number of amides is 1. The van der Waals surface area contributed by atoms with E-state index in [9.17, 15) is 4.79 Å². The van der Waals surface area contributed by atoms with Gasteiger partial charge in [0.05, 0.1) is 5.56 Å². The SMILES string of the molecule is Cc1cc(C(=O)NCC2CCCC2N)co1. The quantitative estimate of drug-likeness (QED) is 0.813. The third-order valence-corrected chi connectivity index (χ3v) is 3.24. The molecule has 1 amide bonds. The van der Waals surface area contributed by atoms with Crippen molar-refractivity contribution in [3.05, 3.63) is 23.7 Å². The molecule has 2 unspecified atom stereocenters. The molecule has 0 radical (unpaired) electrons. The Bertz CT molecular complexity index is 373. The summed E-state index contributed by atoms with van der Waals surface area (Å²) in [6, 6.07) is 1.98. The summed E-state index contributed by atoms with van der Waals surface area (Å²) < 4.78 is 5.09. The van der Waals surface area contributed by atoms with E-state index in [4.69, 9.17) is 10.2 Å². The van der Waals surface area contributed by atoms with Gasteiger partial charge in [0.1, 0.15) is 12.0 Å². The summed E-state index contributed by atoms with van der Waals surface area (Å²) >= 11 is 0. The zero-order chi connectivity index (χ0) is 11.5. The third-order valence-electron chi connectivity index (χ3n) is 3.24. The minimum atomic E-state index is -0.0732. The molecule has 3 N–H and O–H groups in total. The first-order valence-electron chi connectivity index (χ1n) is 5.75. The fourth-order valence-electron chi connectivity index (χ4n) is 2.21. The maximum atomic E-state index is 11.7. The lowest BCUT2D eigenvalue weighted by atomic mass is 10.0. The molecular formula is C12H18N2O2. The first kappa shape index (κ1) is 11.2. The third kappa shape index (κ3) is 2.44. The summed E-state index contributed by atoms with van der Waals surface area (Å²) in [5.41, 5.74) is 6.53. The van der Waals surface area contributed by atoms with Gasteiger partial charge in [0, 0.05) is 12.6 Å². The molecule has 2 atom stereocenters. The van der Waals surface area contributed by atoms with Crippen LogP contribution in [0.1, 0.15) is 35.4 Å². The van der Waals surface area contributed by atoms with Crippen molar-refractivity contribution < 1.29 is 9.21 Å². The Morgan fingerprint density at radius 3 is 3.00 bits per heavy atom. The van der Waals surface area contributed by atoms with E-state index in [1.165, 1.54) is 12.7 Å². The maximum Gasteiger partial charge on any atom is 0.254 e. The lowest BCUT2D eigenvalue weighted by Gasteiger charge is -2.15. The summed E-state index contributed by atoms with van der Waals surface area (Å²) in [5, 5.41) is 2.91. The van der Waals surface area contributed by atoms with E-state index in [0.29, 0.717) is 18.0 Å². The number of rotatable bonds is 3. The molecule has 0 bridgehead atoms. The molecule has 88 valence electrons. The van der Waals surface area contributed by atoms with Crippen LogP contribution in [-0.2, 0) is 0 Å². The summed E-state index contributed by atoms with van der Waals surface area (Å²) in [7, 11) is 0. The van der Waals surface area contributed by atoms with Gasteiger partial charge in [-0.3, -0.25) is 4.79 Å². The molecule has 1 saturated carbocycles. The molecule has 1 fully saturated rings. The van der Waals surface area contributed by atoms with Crippen molar-refractivity contribution in [1.82, 2.24) is 5.32 Å². The van der Waals surface area contributed by atoms with Crippen LogP contribution in [0.25, 0.3) is 0 Å². The van der Waals surface area contributed by atoms with Crippen molar-refractivity contribution in [2.24, 2.45) is 11.7 Å². The van der Waals surface area contributed by atoms with Crippen LogP contribution < -0.4 is 11.1 Å². The van der Waals surface area contributed by atoms with Gasteiger partial charge in [0.2, 0.25) is 0 Å². The Morgan fingerprint density at radius 2 is 2.44 bits per heavy atom. The van der Waals surface area contributed by atoms with Crippen LogP contribution in [0.2, 0.25) is 0 Å². The van der Waals surface area contributed by atoms with Gasteiger partial charge < -0.3 is 15.5 Å². The molecule has 1 aliphatic rings. The Hall–Kier alpha value is -1.29. The van der Waals surface area contributed by atoms with Crippen molar-refractivity contribution in [2.75, 3.05) is 6.54 Å². The second-order valence-corrected chi connectivity index (χ2v) is 4.51. The molecule has 0 aromatic carbocycles. The minimum Gasteiger partial charge on any atom is -0.469 e. The number of hydrogen-bond acceptors (Lipinski definition) is 3. The van der Waals surface area contributed by atoms with Crippen LogP contribution in [-0.4, -0.2) is 18.5 Å². The molecule has 1 aliphatic carbocycles. The summed E-state index contributed by atoms with van der Waals surface area (Å²) in [6.07, 6.45) is 4.85. The van der Waals surface area contributed by atoms with Crippen LogP contribution in [0.4, 0.5) is 0 Å². The van der Waals surface area contributed by atoms with Crippen LogP contribution in [0.5, 0.6) is 0 Å². The highest BCUT2D eigenvalue weighted by Gasteiger charge is 2.24.